The predicted molar refractivity (Wildman–Crippen MR) is 123 cm³/mol. The quantitative estimate of drug-likeness (QED) is 0.190. The molecule has 0 bridgehead atoms. The summed E-state index contributed by atoms with van der Waals surface area (Å²) in [6, 6.07) is 17.3. The molecule has 6 nitrogen and oxygen atoms in total. The number of rotatable bonds is 8. The molecule has 4 rings (SSSR count). The molecule has 0 radical (unpaired) electrons. The Kier molecular flexibility index (Phi) is 6.25. The molecule has 2 aromatic carbocycles. The minimum Gasteiger partial charge on any atom is -0.494 e. The first kappa shape index (κ1) is 20.3. The number of aromatic nitrogens is 2. The molecule has 0 fully saturated rings. The van der Waals surface area contributed by atoms with Crippen LogP contribution in [0.1, 0.15) is 6.92 Å². The zero-order valence-electron chi connectivity index (χ0n) is 16.4. The van der Waals surface area contributed by atoms with Gasteiger partial charge in [0, 0.05) is 16.7 Å². The molecule has 30 heavy (non-hydrogen) atoms. The molecule has 2 heterocycles. The lowest BCUT2D eigenvalue weighted by molar-refractivity contribution is 0.332. The van der Waals surface area contributed by atoms with Crippen molar-refractivity contribution in [2.45, 2.75) is 12.1 Å². The van der Waals surface area contributed by atoms with E-state index in [9.17, 15) is 4.79 Å². The lowest BCUT2D eigenvalue weighted by Crippen LogP contribution is -2.29. The fourth-order valence-corrected chi connectivity index (χ4v) is 4.73. The summed E-state index contributed by atoms with van der Waals surface area (Å²) in [5.41, 5.74) is 1.60. The molecule has 0 saturated carbocycles. The van der Waals surface area contributed by atoms with Gasteiger partial charge in [0.05, 0.1) is 18.6 Å². The molecule has 0 aliphatic carbocycles. The number of benzene rings is 2. The zero-order valence-corrected chi connectivity index (χ0v) is 18.0. The molecule has 0 amide bonds. The van der Waals surface area contributed by atoms with Gasteiger partial charge in [-0.05, 0) is 36.8 Å². The third-order valence-corrected chi connectivity index (χ3v) is 6.20. The molecule has 0 atom stereocenters. The molecular formula is C22H21N3O3S2. The molecular weight excluding hydrogens is 418 g/mol. The van der Waals surface area contributed by atoms with Crippen molar-refractivity contribution in [2.24, 2.45) is 0 Å². The average molecular weight is 440 g/mol. The maximum Gasteiger partial charge on any atom is 0.282 e. The topological polar surface area (TPSA) is 79.4 Å². The van der Waals surface area contributed by atoms with E-state index < -0.39 is 0 Å². The van der Waals surface area contributed by atoms with Crippen LogP contribution in [0.2, 0.25) is 0 Å². The number of thioether (sulfide) groups is 1. The van der Waals surface area contributed by atoms with Crippen molar-refractivity contribution in [3.8, 4) is 22.6 Å². The molecule has 0 spiro atoms. The number of thiophene rings is 1. The van der Waals surface area contributed by atoms with Gasteiger partial charge in [0.2, 0.25) is 0 Å². The van der Waals surface area contributed by atoms with Gasteiger partial charge in [-0.25, -0.2) is 9.66 Å². The summed E-state index contributed by atoms with van der Waals surface area (Å²) < 4.78 is 12.3. The predicted octanol–water partition coefficient (Wildman–Crippen LogP) is 4.41. The summed E-state index contributed by atoms with van der Waals surface area (Å²) >= 11 is 2.85. The minimum absolute atomic E-state index is 0.241. The van der Waals surface area contributed by atoms with E-state index >= 15 is 0 Å². The fraction of sp³-hybridized carbons (Fsp3) is 0.182. The number of nitrogens with two attached hydrogens (primary N) is 1. The van der Waals surface area contributed by atoms with Crippen LogP contribution in [0.4, 0.5) is 0 Å². The van der Waals surface area contributed by atoms with E-state index in [4.69, 9.17) is 15.3 Å². The van der Waals surface area contributed by atoms with Crippen molar-refractivity contribution in [2.75, 3.05) is 24.8 Å². The van der Waals surface area contributed by atoms with E-state index in [2.05, 4.69) is 4.98 Å². The van der Waals surface area contributed by atoms with Gasteiger partial charge in [-0.3, -0.25) is 4.79 Å². The van der Waals surface area contributed by atoms with Crippen molar-refractivity contribution < 1.29 is 9.47 Å². The minimum atomic E-state index is -0.241. The third-order valence-electron chi connectivity index (χ3n) is 4.41. The molecule has 4 aromatic rings. The Hall–Kier alpha value is -2.97. The van der Waals surface area contributed by atoms with Gasteiger partial charge in [0.15, 0.2) is 5.16 Å². The van der Waals surface area contributed by atoms with Gasteiger partial charge in [-0.15, -0.1) is 11.3 Å². The monoisotopic (exact) mass is 439 g/mol. The second kappa shape index (κ2) is 9.23. The molecule has 0 aliphatic heterocycles. The summed E-state index contributed by atoms with van der Waals surface area (Å²) in [6.07, 6.45) is 0. The highest BCUT2D eigenvalue weighted by Gasteiger charge is 2.16. The molecule has 0 saturated heterocycles. The summed E-state index contributed by atoms with van der Waals surface area (Å²) in [5.74, 6) is 8.25. The van der Waals surface area contributed by atoms with Crippen LogP contribution in [0.25, 0.3) is 21.3 Å². The molecule has 8 heteroatoms. The van der Waals surface area contributed by atoms with Crippen LogP contribution in [0.15, 0.2) is 69.9 Å². The van der Waals surface area contributed by atoms with Crippen molar-refractivity contribution in [3.63, 3.8) is 0 Å². The van der Waals surface area contributed by atoms with Crippen LogP contribution in [0.3, 0.4) is 0 Å². The highest BCUT2D eigenvalue weighted by atomic mass is 32.2. The number of hydrogen-bond acceptors (Lipinski definition) is 7. The van der Waals surface area contributed by atoms with Crippen LogP contribution in [0.5, 0.6) is 11.5 Å². The third kappa shape index (κ3) is 4.29. The molecule has 0 aliphatic rings. The Morgan fingerprint density at radius 2 is 1.77 bits per heavy atom. The van der Waals surface area contributed by atoms with E-state index in [1.165, 1.54) is 23.1 Å². The largest absolute Gasteiger partial charge is 0.494 e. The van der Waals surface area contributed by atoms with Crippen LogP contribution in [0, 0.1) is 0 Å². The summed E-state index contributed by atoms with van der Waals surface area (Å²) in [5, 5.41) is 2.99. The van der Waals surface area contributed by atoms with Crippen LogP contribution >= 0.6 is 23.1 Å². The molecule has 2 N–H and O–H groups in total. The maximum absolute atomic E-state index is 12.9. The fourth-order valence-electron chi connectivity index (χ4n) is 3.01. The molecule has 0 unspecified atom stereocenters. The first-order chi connectivity index (χ1) is 14.7. The van der Waals surface area contributed by atoms with Crippen LogP contribution in [-0.2, 0) is 0 Å². The van der Waals surface area contributed by atoms with E-state index in [1.807, 2.05) is 66.9 Å². The number of nitrogens with zero attached hydrogens (tertiary/aromatic N) is 2. The number of hydrogen-bond donors (Lipinski definition) is 1. The normalized spacial score (nSPS) is 11.0. The van der Waals surface area contributed by atoms with Crippen LogP contribution < -0.4 is 20.9 Å². The van der Waals surface area contributed by atoms with Gasteiger partial charge in [0.25, 0.3) is 5.56 Å². The molecule has 154 valence electrons. The smallest absolute Gasteiger partial charge is 0.282 e. The lowest BCUT2D eigenvalue weighted by Gasteiger charge is -2.09. The number of nitrogen functional groups attached to an aromatic ring is 1. The Labute approximate surface area is 182 Å². The van der Waals surface area contributed by atoms with E-state index in [0.29, 0.717) is 34.3 Å². The summed E-state index contributed by atoms with van der Waals surface area (Å²) in [6.45, 7) is 3.04. The number of fused-ring (bicyclic) bond motifs is 1. The van der Waals surface area contributed by atoms with Crippen molar-refractivity contribution in [1.29, 1.82) is 0 Å². The van der Waals surface area contributed by atoms with Gasteiger partial charge >= 0.3 is 0 Å². The van der Waals surface area contributed by atoms with E-state index in [1.54, 1.807) is 0 Å². The first-order valence-corrected chi connectivity index (χ1v) is 11.4. The summed E-state index contributed by atoms with van der Waals surface area (Å²) in [7, 11) is 0. The maximum atomic E-state index is 12.9. The van der Waals surface area contributed by atoms with Gasteiger partial charge < -0.3 is 15.3 Å². The average Bonchev–Trinajstić information content (AvgIpc) is 3.20. The second-order valence-electron chi connectivity index (χ2n) is 6.37. The van der Waals surface area contributed by atoms with Gasteiger partial charge in [0.1, 0.15) is 16.3 Å². The van der Waals surface area contributed by atoms with Gasteiger partial charge in [-0.1, -0.05) is 42.1 Å². The molecule has 2 aromatic heterocycles. The highest BCUT2D eigenvalue weighted by Crippen LogP contribution is 2.31. The SMILES string of the molecule is CCOc1ccc(OCCSc2nc3scc(-c4ccccc4)c3c(=O)n2N)cc1. The van der Waals surface area contributed by atoms with E-state index in [-0.39, 0.29) is 5.56 Å². The highest BCUT2D eigenvalue weighted by molar-refractivity contribution is 7.99. The Balaban J connectivity index is 1.45. The lowest BCUT2D eigenvalue weighted by atomic mass is 10.1. The first-order valence-electron chi connectivity index (χ1n) is 9.50. The second-order valence-corrected chi connectivity index (χ2v) is 8.29. The Bertz CT molecular complexity index is 1190. The summed E-state index contributed by atoms with van der Waals surface area (Å²) in [4.78, 5) is 18.2. The van der Waals surface area contributed by atoms with Crippen molar-refractivity contribution in [3.05, 3.63) is 70.3 Å². The van der Waals surface area contributed by atoms with Crippen molar-refractivity contribution >= 4 is 33.3 Å². The zero-order chi connectivity index (χ0) is 20.9. The van der Waals surface area contributed by atoms with E-state index in [0.717, 1.165) is 27.3 Å². The Morgan fingerprint density at radius 1 is 1.07 bits per heavy atom. The Morgan fingerprint density at radius 3 is 2.47 bits per heavy atom. The standard InChI is InChI=1S/C22H21N3O3S2/c1-2-27-16-8-10-17(11-9-16)28-12-13-29-22-24-20-19(21(26)25(22)23)18(14-30-20)15-6-4-3-5-7-15/h3-11,14H,2,12-13,23H2,1H3. The number of ether oxygens (including phenoxy) is 2. The van der Waals surface area contributed by atoms with Crippen molar-refractivity contribution in [1.82, 2.24) is 9.66 Å². The van der Waals surface area contributed by atoms with Crippen LogP contribution in [-0.4, -0.2) is 28.6 Å². The van der Waals surface area contributed by atoms with Gasteiger partial charge in [-0.2, -0.15) is 0 Å².